The molecule has 2 atom stereocenters. The van der Waals surface area contributed by atoms with Crippen LogP contribution >= 0.6 is 0 Å². The van der Waals surface area contributed by atoms with Crippen LogP contribution in [0.25, 0.3) is 5.69 Å². The average Bonchev–Trinajstić information content (AvgIpc) is 3.43. The van der Waals surface area contributed by atoms with E-state index in [0.29, 0.717) is 11.8 Å². The van der Waals surface area contributed by atoms with Gasteiger partial charge < -0.3 is 4.74 Å². The van der Waals surface area contributed by atoms with Gasteiger partial charge in [-0.15, -0.1) is 0 Å². The van der Waals surface area contributed by atoms with Crippen molar-refractivity contribution in [3.63, 3.8) is 0 Å². The second-order valence-electron chi connectivity index (χ2n) is 7.59. The highest BCUT2D eigenvalue weighted by Crippen LogP contribution is 2.58. The average molecular weight is 343 g/mol. The summed E-state index contributed by atoms with van der Waals surface area (Å²) >= 11 is 0. The Labute approximate surface area is 155 Å². The molecule has 0 radical (unpaired) electrons. The van der Waals surface area contributed by atoms with Crippen molar-refractivity contribution in [3.8, 4) is 11.6 Å². The lowest BCUT2D eigenvalue weighted by Crippen LogP contribution is -2.04. The van der Waals surface area contributed by atoms with Crippen molar-refractivity contribution in [1.82, 2.24) is 4.57 Å². The largest absolute Gasteiger partial charge is 0.482 e. The first-order chi connectivity index (χ1) is 12.9. The van der Waals surface area contributed by atoms with Gasteiger partial charge in [-0.2, -0.15) is 0 Å². The maximum Gasteiger partial charge on any atom is 0.201 e. The molecule has 3 aromatic rings. The Morgan fingerprint density at radius 1 is 0.808 bits per heavy atom. The molecule has 0 N–H and O–H groups in total. The standard InChI is InChI=1S/C24H25NO/c1-26-24-20-15-9-8-14-19(20)23(25(24)18-12-6-3-7-13-18)22-16-21(22)17-10-4-2-5-11-17/h2-7,10-13,21-22H,8-9,14-16H2,1H3. The van der Waals surface area contributed by atoms with Gasteiger partial charge in [-0.25, -0.2) is 0 Å². The van der Waals surface area contributed by atoms with Crippen molar-refractivity contribution in [2.24, 2.45) is 0 Å². The van der Waals surface area contributed by atoms with Crippen LogP contribution < -0.4 is 4.74 Å². The zero-order chi connectivity index (χ0) is 17.5. The second kappa shape index (κ2) is 6.35. The van der Waals surface area contributed by atoms with E-state index in [1.165, 1.54) is 48.2 Å². The first kappa shape index (κ1) is 15.7. The molecule has 26 heavy (non-hydrogen) atoms. The molecule has 0 saturated heterocycles. The predicted molar refractivity (Wildman–Crippen MR) is 106 cm³/mol. The maximum atomic E-state index is 5.96. The third kappa shape index (κ3) is 2.47. The normalized spacial score (nSPS) is 21.3. The van der Waals surface area contributed by atoms with Gasteiger partial charge in [-0.1, -0.05) is 48.5 Å². The van der Waals surface area contributed by atoms with Crippen molar-refractivity contribution in [2.45, 2.75) is 43.9 Å². The van der Waals surface area contributed by atoms with Crippen LogP contribution in [0.5, 0.6) is 5.88 Å². The van der Waals surface area contributed by atoms with E-state index in [4.69, 9.17) is 4.74 Å². The van der Waals surface area contributed by atoms with Gasteiger partial charge in [0, 0.05) is 22.9 Å². The molecule has 1 fully saturated rings. The highest BCUT2D eigenvalue weighted by molar-refractivity contribution is 5.55. The number of benzene rings is 2. The number of ether oxygens (including phenoxy) is 1. The van der Waals surface area contributed by atoms with E-state index in [1.807, 2.05) is 7.11 Å². The Bertz CT molecular complexity index is 910. The predicted octanol–water partition coefficient (Wildman–Crippen LogP) is 5.64. The Morgan fingerprint density at radius 3 is 2.15 bits per heavy atom. The van der Waals surface area contributed by atoms with Crippen LogP contribution in [0.3, 0.4) is 0 Å². The van der Waals surface area contributed by atoms with Gasteiger partial charge in [-0.05, 0) is 61.3 Å². The molecule has 1 aromatic heterocycles. The molecule has 2 nitrogen and oxygen atoms in total. The molecule has 2 unspecified atom stereocenters. The van der Waals surface area contributed by atoms with Gasteiger partial charge >= 0.3 is 0 Å². The lowest BCUT2D eigenvalue weighted by atomic mass is 9.92. The van der Waals surface area contributed by atoms with E-state index in [9.17, 15) is 0 Å². The van der Waals surface area contributed by atoms with E-state index in [-0.39, 0.29) is 0 Å². The molecule has 2 aliphatic carbocycles. The molecule has 1 saturated carbocycles. The number of methoxy groups -OCH3 is 1. The quantitative estimate of drug-likeness (QED) is 0.598. The van der Waals surface area contributed by atoms with Gasteiger partial charge in [0.05, 0.1) is 7.11 Å². The number of aromatic nitrogens is 1. The minimum absolute atomic E-state index is 0.605. The van der Waals surface area contributed by atoms with Gasteiger partial charge in [-0.3, -0.25) is 4.57 Å². The van der Waals surface area contributed by atoms with Crippen LogP contribution in [-0.4, -0.2) is 11.7 Å². The van der Waals surface area contributed by atoms with Crippen molar-refractivity contribution in [2.75, 3.05) is 7.11 Å². The third-order valence-corrected chi connectivity index (χ3v) is 6.06. The van der Waals surface area contributed by atoms with Crippen LogP contribution in [-0.2, 0) is 12.8 Å². The first-order valence-electron chi connectivity index (χ1n) is 9.79. The SMILES string of the molecule is COc1c2c(c(C3CC3c3ccccc3)n1-c1ccccc1)CCCC2. The fraction of sp³-hybridized carbons (Fsp3) is 0.333. The summed E-state index contributed by atoms with van der Waals surface area (Å²) in [6.07, 6.45) is 6.16. The van der Waals surface area contributed by atoms with Gasteiger partial charge in [0.25, 0.3) is 0 Å². The van der Waals surface area contributed by atoms with Crippen LogP contribution in [0.2, 0.25) is 0 Å². The summed E-state index contributed by atoms with van der Waals surface area (Å²) in [6, 6.07) is 21.7. The lowest BCUT2D eigenvalue weighted by molar-refractivity contribution is 0.382. The highest BCUT2D eigenvalue weighted by atomic mass is 16.5. The lowest BCUT2D eigenvalue weighted by Gasteiger charge is -2.14. The summed E-state index contributed by atoms with van der Waals surface area (Å²) < 4.78 is 8.38. The van der Waals surface area contributed by atoms with E-state index in [1.54, 1.807) is 5.56 Å². The Morgan fingerprint density at radius 2 is 1.46 bits per heavy atom. The summed E-state index contributed by atoms with van der Waals surface area (Å²) in [6.45, 7) is 0. The van der Waals surface area contributed by atoms with E-state index >= 15 is 0 Å². The maximum absolute atomic E-state index is 5.96. The molecule has 1 heterocycles. The first-order valence-corrected chi connectivity index (χ1v) is 9.79. The smallest absolute Gasteiger partial charge is 0.201 e. The third-order valence-electron chi connectivity index (χ3n) is 6.06. The number of rotatable bonds is 4. The minimum Gasteiger partial charge on any atom is -0.482 e. The van der Waals surface area contributed by atoms with Gasteiger partial charge in [0.15, 0.2) is 0 Å². The molecule has 0 bridgehead atoms. The number of hydrogen-bond acceptors (Lipinski definition) is 1. The molecule has 2 heteroatoms. The zero-order valence-electron chi connectivity index (χ0n) is 15.3. The minimum atomic E-state index is 0.605. The highest BCUT2D eigenvalue weighted by Gasteiger charge is 2.44. The molecule has 0 aliphatic heterocycles. The molecule has 2 aliphatic rings. The second-order valence-corrected chi connectivity index (χ2v) is 7.59. The molecular weight excluding hydrogens is 318 g/mol. The topological polar surface area (TPSA) is 14.2 Å². The number of fused-ring (bicyclic) bond motifs is 1. The van der Waals surface area contributed by atoms with Crippen LogP contribution in [0.15, 0.2) is 60.7 Å². The van der Waals surface area contributed by atoms with Crippen LogP contribution in [0, 0.1) is 0 Å². The fourth-order valence-corrected chi connectivity index (χ4v) is 4.81. The molecule has 0 spiro atoms. The summed E-state index contributed by atoms with van der Waals surface area (Å²) in [5.41, 5.74) is 7.24. The number of para-hydroxylation sites is 1. The molecular formula is C24H25NO. The van der Waals surface area contributed by atoms with E-state index in [2.05, 4.69) is 65.2 Å². The molecule has 132 valence electrons. The number of hydrogen-bond donors (Lipinski definition) is 0. The number of nitrogens with zero attached hydrogens (tertiary/aromatic N) is 1. The van der Waals surface area contributed by atoms with Crippen LogP contribution in [0.4, 0.5) is 0 Å². The van der Waals surface area contributed by atoms with Crippen molar-refractivity contribution < 1.29 is 4.74 Å². The van der Waals surface area contributed by atoms with Gasteiger partial charge in [0.1, 0.15) is 0 Å². The Balaban J connectivity index is 1.66. The van der Waals surface area contributed by atoms with Gasteiger partial charge in [0.2, 0.25) is 5.88 Å². The monoisotopic (exact) mass is 343 g/mol. The van der Waals surface area contributed by atoms with E-state index in [0.717, 1.165) is 12.3 Å². The van der Waals surface area contributed by atoms with Crippen molar-refractivity contribution in [3.05, 3.63) is 83.0 Å². The fourth-order valence-electron chi connectivity index (χ4n) is 4.81. The van der Waals surface area contributed by atoms with Crippen molar-refractivity contribution in [1.29, 1.82) is 0 Å². The summed E-state index contributed by atoms with van der Waals surface area (Å²) in [5, 5.41) is 0. The molecule has 2 aromatic carbocycles. The summed E-state index contributed by atoms with van der Waals surface area (Å²) in [4.78, 5) is 0. The molecule has 0 amide bonds. The van der Waals surface area contributed by atoms with E-state index < -0.39 is 0 Å². The molecule has 5 rings (SSSR count). The van der Waals surface area contributed by atoms with Crippen molar-refractivity contribution >= 4 is 0 Å². The van der Waals surface area contributed by atoms with Crippen LogP contribution in [0.1, 0.15) is 53.5 Å². The Hall–Kier alpha value is -2.48. The summed E-state index contributed by atoms with van der Waals surface area (Å²) in [7, 11) is 1.83. The zero-order valence-corrected chi connectivity index (χ0v) is 15.3. The Kier molecular flexibility index (Phi) is 3.85. The summed E-state index contributed by atoms with van der Waals surface area (Å²) in [5.74, 6) is 2.32.